The van der Waals surface area contributed by atoms with Crippen LogP contribution in [-0.2, 0) is 14.8 Å². The van der Waals surface area contributed by atoms with Gasteiger partial charge in [-0.1, -0.05) is 0 Å². The summed E-state index contributed by atoms with van der Waals surface area (Å²) in [4.78, 5) is 13.4. The average Bonchev–Trinajstić information content (AvgIpc) is 2.12. The minimum absolute atomic E-state index is 0.221. The van der Waals surface area contributed by atoms with Gasteiger partial charge in [0.2, 0.25) is 10.0 Å². The molecule has 1 amide bonds. The molecule has 1 aliphatic rings. The number of piperidine rings is 1. The second-order valence-corrected chi connectivity index (χ2v) is 7.44. The Balaban J connectivity index is 2.56. The minimum atomic E-state index is -3.24. The number of hydrogen-bond acceptors (Lipinski definition) is 4. The van der Waals surface area contributed by atoms with Crippen LogP contribution in [0.1, 0.15) is 33.6 Å². The molecule has 0 aromatic carbocycles. The third-order valence-corrected chi connectivity index (χ3v) is 3.22. The van der Waals surface area contributed by atoms with Gasteiger partial charge in [0.1, 0.15) is 5.60 Å². The van der Waals surface area contributed by atoms with E-state index < -0.39 is 15.6 Å². The van der Waals surface area contributed by atoms with Gasteiger partial charge in [-0.05, 0) is 33.6 Å². The topological polar surface area (TPSA) is 75.7 Å². The van der Waals surface area contributed by atoms with E-state index in [2.05, 4.69) is 4.72 Å². The zero-order valence-electron chi connectivity index (χ0n) is 11.4. The lowest BCUT2D eigenvalue weighted by Gasteiger charge is -2.34. The van der Waals surface area contributed by atoms with Crippen LogP contribution in [0.2, 0.25) is 0 Å². The van der Waals surface area contributed by atoms with E-state index in [1.54, 1.807) is 25.7 Å². The molecule has 0 aliphatic carbocycles. The molecule has 1 N–H and O–H groups in total. The van der Waals surface area contributed by atoms with Crippen molar-refractivity contribution in [1.29, 1.82) is 0 Å². The smallest absolute Gasteiger partial charge is 0.410 e. The Morgan fingerprint density at radius 1 is 1.39 bits per heavy atom. The largest absolute Gasteiger partial charge is 0.444 e. The summed E-state index contributed by atoms with van der Waals surface area (Å²) in [6, 6.07) is -0.221. The molecule has 18 heavy (non-hydrogen) atoms. The normalized spacial score (nSPS) is 21.8. The number of nitrogens with one attached hydrogen (secondary N) is 1. The van der Waals surface area contributed by atoms with E-state index in [0.29, 0.717) is 13.1 Å². The van der Waals surface area contributed by atoms with Crippen molar-refractivity contribution in [1.82, 2.24) is 9.62 Å². The van der Waals surface area contributed by atoms with Gasteiger partial charge in [0, 0.05) is 19.1 Å². The predicted octanol–water partition coefficient (Wildman–Crippen LogP) is 0.935. The van der Waals surface area contributed by atoms with Gasteiger partial charge in [0.25, 0.3) is 0 Å². The second kappa shape index (κ2) is 5.44. The van der Waals surface area contributed by atoms with Crippen molar-refractivity contribution in [2.24, 2.45) is 0 Å². The van der Waals surface area contributed by atoms with E-state index >= 15 is 0 Å². The van der Waals surface area contributed by atoms with Crippen molar-refractivity contribution in [2.45, 2.75) is 45.3 Å². The van der Waals surface area contributed by atoms with E-state index in [9.17, 15) is 13.2 Å². The quantitative estimate of drug-likeness (QED) is 0.815. The number of hydrogen-bond donors (Lipinski definition) is 1. The van der Waals surface area contributed by atoms with Gasteiger partial charge >= 0.3 is 6.09 Å². The Bertz CT molecular complexity index is 400. The average molecular weight is 278 g/mol. The molecule has 1 aliphatic heterocycles. The Kier molecular flexibility index (Phi) is 4.61. The first-order valence-electron chi connectivity index (χ1n) is 6.02. The third kappa shape index (κ3) is 5.68. The first-order chi connectivity index (χ1) is 8.07. The second-order valence-electron chi connectivity index (χ2n) is 5.66. The Morgan fingerprint density at radius 2 is 2.00 bits per heavy atom. The van der Waals surface area contributed by atoms with Crippen molar-refractivity contribution in [3.05, 3.63) is 0 Å². The van der Waals surface area contributed by atoms with Crippen LogP contribution in [-0.4, -0.2) is 50.4 Å². The molecule has 1 heterocycles. The molecule has 0 aromatic heterocycles. The lowest BCUT2D eigenvalue weighted by Crippen LogP contribution is -2.50. The standard InChI is InChI=1S/C11H22N2O4S/c1-11(2,3)17-10(14)13-7-5-6-9(8-13)12-18(4,15)16/h9,12H,5-8H2,1-4H3/t9-/m0/s1. The fourth-order valence-electron chi connectivity index (χ4n) is 1.87. The molecule has 7 heteroatoms. The van der Waals surface area contributed by atoms with Crippen molar-refractivity contribution >= 4 is 16.1 Å². The summed E-state index contributed by atoms with van der Waals surface area (Å²) in [6.45, 7) is 6.39. The van der Waals surface area contributed by atoms with Gasteiger partial charge in [-0.3, -0.25) is 0 Å². The Hall–Kier alpha value is -0.820. The summed E-state index contributed by atoms with van der Waals surface area (Å²) in [7, 11) is -3.24. The van der Waals surface area contributed by atoms with Crippen molar-refractivity contribution in [2.75, 3.05) is 19.3 Å². The van der Waals surface area contributed by atoms with Gasteiger partial charge in [0.15, 0.2) is 0 Å². The molecule has 6 nitrogen and oxygen atoms in total. The van der Waals surface area contributed by atoms with Crippen LogP contribution in [0, 0.1) is 0 Å². The predicted molar refractivity (Wildman–Crippen MR) is 68.8 cm³/mol. The highest BCUT2D eigenvalue weighted by atomic mass is 32.2. The van der Waals surface area contributed by atoms with Crippen LogP contribution >= 0.6 is 0 Å². The van der Waals surface area contributed by atoms with Crippen LogP contribution in [0.25, 0.3) is 0 Å². The van der Waals surface area contributed by atoms with Crippen LogP contribution in [0.3, 0.4) is 0 Å². The molecule has 0 saturated carbocycles. The van der Waals surface area contributed by atoms with E-state index in [4.69, 9.17) is 4.74 Å². The number of carbonyl (C=O) groups is 1. The number of amides is 1. The molecule has 0 unspecified atom stereocenters. The number of sulfonamides is 1. The summed E-state index contributed by atoms with van der Waals surface area (Å²) in [6.07, 6.45) is 2.25. The number of ether oxygens (including phenoxy) is 1. The van der Waals surface area contributed by atoms with Crippen LogP contribution in [0.15, 0.2) is 0 Å². The molecule has 0 aromatic rings. The lowest BCUT2D eigenvalue weighted by atomic mass is 10.1. The first-order valence-corrected chi connectivity index (χ1v) is 7.91. The van der Waals surface area contributed by atoms with E-state index in [1.807, 2.05) is 0 Å². The zero-order valence-corrected chi connectivity index (χ0v) is 12.2. The highest BCUT2D eigenvalue weighted by Crippen LogP contribution is 2.15. The molecule has 1 fully saturated rings. The highest BCUT2D eigenvalue weighted by Gasteiger charge is 2.28. The maximum Gasteiger partial charge on any atom is 0.410 e. The number of nitrogens with zero attached hydrogens (tertiary/aromatic N) is 1. The molecule has 0 bridgehead atoms. The Morgan fingerprint density at radius 3 is 2.50 bits per heavy atom. The number of carbonyl (C=O) groups excluding carboxylic acids is 1. The van der Waals surface area contributed by atoms with Gasteiger partial charge in [-0.25, -0.2) is 17.9 Å². The molecule has 0 radical (unpaired) electrons. The summed E-state index contributed by atoms with van der Waals surface area (Å²) >= 11 is 0. The fourth-order valence-corrected chi connectivity index (χ4v) is 2.67. The van der Waals surface area contributed by atoms with Crippen LogP contribution < -0.4 is 4.72 Å². The summed E-state index contributed by atoms with van der Waals surface area (Å²) in [5.41, 5.74) is -0.533. The van der Waals surface area contributed by atoms with E-state index in [-0.39, 0.29) is 12.1 Å². The Labute approximate surface area is 109 Å². The van der Waals surface area contributed by atoms with Gasteiger partial charge in [-0.2, -0.15) is 0 Å². The highest BCUT2D eigenvalue weighted by molar-refractivity contribution is 7.88. The SMILES string of the molecule is CC(C)(C)OC(=O)N1CCC[C@H](NS(C)(=O)=O)C1. The molecule has 1 atom stereocenters. The summed E-state index contributed by atoms with van der Waals surface area (Å²) in [5.74, 6) is 0. The van der Waals surface area contributed by atoms with Gasteiger partial charge < -0.3 is 9.64 Å². The van der Waals surface area contributed by atoms with Crippen molar-refractivity contribution in [3.63, 3.8) is 0 Å². The van der Waals surface area contributed by atoms with Crippen LogP contribution in [0.4, 0.5) is 4.79 Å². The van der Waals surface area contributed by atoms with Crippen molar-refractivity contribution < 1.29 is 17.9 Å². The molecule has 1 saturated heterocycles. The molecule has 0 spiro atoms. The third-order valence-electron chi connectivity index (χ3n) is 2.45. The fraction of sp³-hybridized carbons (Fsp3) is 0.909. The minimum Gasteiger partial charge on any atom is -0.444 e. The lowest BCUT2D eigenvalue weighted by molar-refractivity contribution is 0.0195. The van der Waals surface area contributed by atoms with Gasteiger partial charge in [-0.15, -0.1) is 0 Å². The van der Waals surface area contributed by atoms with Crippen molar-refractivity contribution in [3.8, 4) is 0 Å². The first kappa shape index (κ1) is 15.2. The molecular weight excluding hydrogens is 256 g/mol. The van der Waals surface area contributed by atoms with E-state index in [0.717, 1.165) is 19.1 Å². The number of likely N-dealkylation sites (tertiary alicyclic amines) is 1. The van der Waals surface area contributed by atoms with E-state index in [1.165, 1.54) is 0 Å². The van der Waals surface area contributed by atoms with Gasteiger partial charge in [0.05, 0.1) is 6.26 Å². The summed E-state index contributed by atoms with van der Waals surface area (Å²) in [5, 5.41) is 0. The monoisotopic (exact) mass is 278 g/mol. The summed E-state index contributed by atoms with van der Waals surface area (Å²) < 4.78 is 30.1. The molecule has 1 rings (SSSR count). The molecule has 106 valence electrons. The van der Waals surface area contributed by atoms with Crippen LogP contribution in [0.5, 0.6) is 0 Å². The maximum atomic E-state index is 11.9. The number of rotatable bonds is 2. The maximum absolute atomic E-state index is 11.9. The molecular formula is C11H22N2O4S. The zero-order chi connectivity index (χ0) is 14.0.